The zero-order chi connectivity index (χ0) is 15.3. The van der Waals surface area contributed by atoms with Crippen LogP contribution >= 0.6 is 11.3 Å². The zero-order valence-corrected chi connectivity index (χ0v) is 13.7. The summed E-state index contributed by atoms with van der Waals surface area (Å²) in [4.78, 5) is 1.33. The first-order valence-electron chi connectivity index (χ1n) is 6.82. The van der Waals surface area contributed by atoms with Gasteiger partial charge < -0.3 is 5.32 Å². The highest BCUT2D eigenvalue weighted by molar-refractivity contribution is 7.89. The van der Waals surface area contributed by atoms with Gasteiger partial charge in [0.15, 0.2) is 0 Å². The Morgan fingerprint density at radius 2 is 2.29 bits per heavy atom. The van der Waals surface area contributed by atoms with E-state index in [1.807, 2.05) is 0 Å². The SMILES string of the molecule is CCCNCc1cc(S(=O)(=O)NC(C)c2cn[nH]c2)cs1. The van der Waals surface area contributed by atoms with Gasteiger partial charge in [0.2, 0.25) is 10.0 Å². The number of nitrogens with one attached hydrogen (secondary N) is 3. The van der Waals surface area contributed by atoms with Crippen LogP contribution in [0.15, 0.2) is 28.7 Å². The lowest BCUT2D eigenvalue weighted by atomic mass is 10.2. The topological polar surface area (TPSA) is 86.9 Å². The van der Waals surface area contributed by atoms with Gasteiger partial charge in [0, 0.05) is 34.6 Å². The summed E-state index contributed by atoms with van der Waals surface area (Å²) in [5.41, 5.74) is 0.804. The van der Waals surface area contributed by atoms with Crippen molar-refractivity contribution in [2.24, 2.45) is 0 Å². The second-order valence-electron chi connectivity index (χ2n) is 4.80. The van der Waals surface area contributed by atoms with Crippen LogP contribution in [0.3, 0.4) is 0 Å². The van der Waals surface area contributed by atoms with E-state index in [4.69, 9.17) is 0 Å². The maximum atomic E-state index is 12.3. The molecule has 1 unspecified atom stereocenters. The molecule has 0 radical (unpaired) electrons. The predicted octanol–water partition coefficient (Wildman–Crippen LogP) is 2.01. The van der Waals surface area contributed by atoms with Crippen molar-refractivity contribution in [3.8, 4) is 0 Å². The number of aromatic amines is 1. The normalized spacial score (nSPS) is 13.4. The average Bonchev–Trinajstić information content (AvgIpc) is 3.10. The van der Waals surface area contributed by atoms with Crippen LogP contribution in [0.25, 0.3) is 0 Å². The molecule has 0 aliphatic carbocycles. The van der Waals surface area contributed by atoms with Gasteiger partial charge >= 0.3 is 0 Å². The lowest BCUT2D eigenvalue weighted by Gasteiger charge is -2.11. The van der Waals surface area contributed by atoms with Gasteiger partial charge in [0.25, 0.3) is 0 Å². The fraction of sp³-hybridized carbons (Fsp3) is 0.462. The average molecular weight is 328 g/mol. The minimum atomic E-state index is -3.50. The molecule has 2 aromatic heterocycles. The van der Waals surface area contributed by atoms with Crippen molar-refractivity contribution < 1.29 is 8.42 Å². The van der Waals surface area contributed by atoms with Crippen molar-refractivity contribution in [1.29, 1.82) is 0 Å². The van der Waals surface area contributed by atoms with Gasteiger partial charge in [-0.3, -0.25) is 5.10 Å². The van der Waals surface area contributed by atoms with Crippen molar-refractivity contribution in [1.82, 2.24) is 20.2 Å². The van der Waals surface area contributed by atoms with Crippen molar-refractivity contribution >= 4 is 21.4 Å². The summed E-state index contributed by atoms with van der Waals surface area (Å²) in [5, 5.41) is 11.4. The first-order chi connectivity index (χ1) is 10.0. The molecule has 0 aromatic carbocycles. The lowest BCUT2D eigenvalue weighted by Crippen LogP contribution is -2.26. The third-order valence-electron chi connectivity index (χ3n) is 3.02. The highest BCUT2D eigenvalue weighted by atomic mass is 32.2. The van der Waals surface area contributed by atoms with Gasteiger partial charge in [-0.1, -0.05) is 6.92 Å². The molecule has 0 spiro atoms. The van der Waals surface area contributed by atoms with Crippen LogP contribution in [0.5, 0.6) is 0 Å². The van der Waals surface area contributed by atoms with Gasteiger partial charge in [-0.25, -0.2) is 13.1 Å². The summed E-state index contributed by atoms with van der Waals surface area (Å²) in [6.45, 7) is 5.51. The molecule has 116 valence electrons. The van der Waals surface area contributed by atoms with Gasteiger partial charge in [0.05, 0.1) is 11.1 Å². The molecule has 21 heavy (non-hydrogen) atoms. The van der Waals surface area contributed by atoms with Crippen molar-refractivity contribution in [2.45, 2.75) is 37.8 Å². The largest absolute Gasteiger partial charge is 0.312 e. The Labute approximate surface area is 129 Å². The molecule has 2 rings (SSSR count). The fourth-order valence-corrected chi connectivity index (χ4v) is 4.33. The van der Waals surface area contributed by atoms with E-state index < -0.39 is 10.0 Å². The molecule has 0 fully saturated rings. The first kappa shape index (κ1) is 16.2. The highest BCUT2D eigenvalue weighted by Gasteiger charge is 2.20. The standard InChI is InChI=1S/C13H20N4O2S2/c1-3-4-14-8-12-5-13(9-20-12)21(18,19)17-10(2)11-6-15-16-7-11/h5-7,9-10,14,17H,3-4,8H2,1-2H3,(H,15,16). The first-order valence-corrected chi connectivity index (χ1v) is 9.18. The van der Waals surface area contributed by atoms with E-state index >= 15 is 0 Å². The fourth-order valence-electron chi connectivity index (χ4n) is 1.85. The number of rotatable bonds is 8. The van der Waals surface area contributed by atoms with Gasteiger partial charge in [0.1, 0.15) is 0 Å². The van der Waals surface area contributed by atoms with Crippen molar-refractivity contribution in [3.63, 3.8) is 0 Å². The molecule has 3 N–H and O–H groups in total. The number of aromatic nitrogens is 2. The molecule has 0 aliphatic rings. The Hall–Kier alpha value is -1.22. The molecule has 6 nitrogen and oxygen atoms in total. The van der Waals surface area contributed by atoms with Gasteiger partial charge in [-0.15, -0.1) is 11.3 Å². The summed E-state index contributed by atoms with van der Waals surface area (Å²) in [6, 6.07) is 1.40. The zero-order valence-electron chi connectivity index (χ0n) is 12.1. The minimum absolute atomic E-state index is 0.316. The summed E-state index contributed by atoms with van der Waals surface area (Å²) in [7, 11) is -3.50. The highest BCUT2D eigenvalue weighted by Crippen LogP contribution is 2.21. The molecule has 8 heteroatoms. The smallest absolute Gasteiger partial charge is 0.241 e. The predicted molar refractivity (Wildman–Crippen MR) is 83.6 cm³/mol. The van der Waals surface area contributed by atoms with Crippen LogP contribution in [0.2, 0.25) is 0 Å². The van der Waals surface area contributed by atoms with Crippen LogP contribution < -0.4 is 10.0 Å². The summed E-state index contributed by atoms with van der Waals surface area (Å²) in [5.74, 6) is 0. The van der Waals surface area contributed by atoms with Crippen LogP contribution in [0.1, 0.15) is 36.8 Å². The van der Waals surface area contributed by atoms with Crippen LogP contribution in [0.4, 0.5) is 0 Å². The molecular weight excluding hydrogens is 308 g/mol. The molecule has 0 bridgehead atoms. The maximum absolute atomic E-state index is 12.3. The lowest BCUT2D eigenvalue weighted by molar-refractivity contribution is 0.567. The number of hydrogen-bond acceptors (Lipinski definition) is 5. The number of sulfonamides is 1. The van der Waals surface area contributed by atoms with E-state index in [9.17, 15) is 8.42 Å². The van der Waals surface area contributed by atoms with Crippen LogP contribution in [0, 0.1) is 0 Å². The van der Waals surface area contributed by atoms with Crippen LogP contribution in [-0.2, 0) is 16.6 Å². The Bertz CT molecular complexity index is 650. The molecule has 2 heterocycles. The van der Waals surface area contributed by atoms with Gasteiger partial charge in [-0.2, -0.15) is 5.10 Å². The molecular formula is C13H20N4O2S2. The molecule has 0 saturated heterocycles. The second kappa shape index (κ2) is 7.17. The number of thiophene rings is 1. The monoisotopic (exact) mass is 328 g/mol. The minimum Gasteiger partial charge on any atom is -0.312 e. The van der Waals surface area contributed by atoms with Crippen molar-refractivity contribution in [2.75, 3.05) is 6.54 Å². The Balaban J connectivity index is 2.02. The molecule has 0 aliphatic heterocycles. The van der Waals surface area contributed by atoms with Gasteiger partial charge in [-0.05, 0) is 26.0 Å². The Kier molecular flexibility index (Phi) is 5.51. The maximum Gasteiger partial charge on any atom is 0.241 e. The second-order valence-corrected chi connectivity index (χ2v) is 7.51. The number of hydrogen-bond donors (Lipinski definition) is 3. The molecule has 0 saturated carbocycles. The third kappa shape index (κ3) is 4.37. The van der Waals surface area contributed by atoms with E-state index in [0.717, 1.165) is 23.4 Å². The summed E-state index contributed by atoms with van der Waals surface area (Å²) < 4.78 is 27.3. The quantitative estimate of drug-likeness (QED) is 0.647. The van der Waals surface area contributed by atoms with Crippen molar-refractivity contribution in [3.05, 3.63) is 34.3 Å². The summed E-state index contributed by atoms with van der Waals surface area (Å²) in [6.07, 6.45) is 4.35. The van der Waals surface area contributed by atoms with E-state index in [0.29, 0.717) is 11.4 Å². The third-order valence-corrected chi connectivity index (χ3v) is 5.62. The summed E-state index contributed by atoms with van der Waals surface area (Å²) >= 11 is 1.45. The molecule has 1 atom stereocenters. The Morgan fingerprint density at radius 1 is 1.48 bits per heavy atom. The number of nitrogens with zero attached hydrogens (tertiary/aromatic N) is 1. The van der Waals surface area contributed by atoms with E-state index in [2.05, 4.69) is 27.2 Å². The number of H-pyrrole nitrogens is 1. The van der Waals surface area contributed by atoms with E-state index in [1.54, 1.807) is 30.8 Å². The van der Waals surface area contributed by atoms with E-state index in [1.165, 1.54) is 11.3 Å². The molecule has 0 amide bonds. The molecule has 2 aromatic rings. The van der Waals surface area contributed by atoms with E-state index in [-0.39, 0.29) is 6.04 Å². The van der Waals surface area contributed by atoms with Crippen LogP contribution in [-0.4, -0.2) is 25.2 Å². The Morgan fingerprint density at radius 3 is 2.95 bits per heavy atom.